The maximum atomic E-state index is 11.8. The smallest absolute Gasteiger partial charge is 0.222 e. The van der Waals surface area contributed by atoms with Crippen LogP contribution in [0.3, 0.4) is 0 Å². The van der Waals surface area contributed by atoms with Crippen LogP contribution >= 0.6 is 0 Å². The molecule has 0 radical (unpaired) electrons. The van der Waals surface area contributed by atoms with Crippen molar-refractivity contribution >= 4 is 5.91 Å². The van der Waals surface area contributed by atoms with E-state index >= 15 is 0 Å². The Morgan fingerprint density at radius 3 is 2.33 bits per heavy atom. The third-order valence-electron chi connectivity index (χ3n) is 3.35. The van der Waals surface area contributed by atoms with Gasteiger partial charge in [0.05, 0.1) is 6.10 Å². The van der Waals surface area contributed by atoms with Crippen LogP contribution < -0.4 is 5.32 Å². The SMILES string of the molecule is COCCC(C)C(=O)NCC(C)(C)C(O)C(C)C. The van der Waals surface area contributed by atoms with E-state index in [0.717, 1.165) is 6.42 Å². The molecule has 2 atom stereocenters. The third kappa shape index (κ3) is 5.83. The average Bonchev–Trinajstić information content (AvgIpc) is 2.31. The summed E-state index contributed by atoms with van der Waals surface area (Å²) in [6, 6.07) is 0. The van der Waals surface area contributed by atoms with Gasteiger partial charge in [-0.2, -0.15) is 0 Å². The Balaban J connectivity index is 4.18. The highest BCUT2D eigenvalue weighted by Crippen LogP contribution is 2.25. The van der Waals surface area contributed by atoms with E-state index in [9.17, 15) is 9.90 Å². The van der Waals surface area contributed by atoms with Crippen molar-refractivity contribution in [1.29, 1.82) is 0 Å². The minimum absolute atomic E-state index is 0.0241. The average molecular weight is 259 g/mol. The standard InChI is InChI=1S/C14H29NO3/c1-10(2)12(16)14(4,5)9-15-13(17)11(3)7-8-18-6/h10-12,16H,7-9H2,1-6H3,(H,15,17). The second-order valence-corrected chi connectivity index (χ2v) is 6.08. The zero-order valence-corrected chi connectivity index (χ0v) is 12.6. The highest BCUT2D eigenvalue weighted by molar-refractivity contribution is 5.78. The molecule has 4 heteroatoms. The molecule has 2 unspecified atom stereocenters. The summed E-state index contributed by atoms with van der Waals surface area (Å²) in [6.07, 6.45) is 0.294. The fourth-order valence-electron chi connectivity index (χ4n) is 1.92. The Hall–Kier alpha value is -0.610. The molecule has 0 aromatic carbocycles. The molecule has 0 bridgehead atoms. The van der Waals surface area contributed by atoms with Crippen LogP contribution in [0.15, 0.2) is 0 Å². The van der Waals surface area contributed by atoms with Crippen molar-refractivity contribution in [1.82, 2.24) is 5.32 Å². The molecule has 18 heavy (non-hydrogen) atoms. The zero-order valence-electron chi connectivity index (χ0n) is 12.6. The Labute approximate surface area is 111 Å². The van der Waals surface area contributed by atoms with Gasteiger partial charge >= 0.3 is 0 Å². The molecule has 1 amide bonds. The number of rotatable bonds is 8. The fourth-order valence-corrected chi connectivity index (χ4v) is 1.92. The van der Waals surface area contributed by atoms with Crippen LogP contribution in [0.4, 0.5) is 0 Å². The number of ether oxygens (including phenoxy) is 1. The summed E-state index contributed by atoms with van der Waals surface area (Å²) in [5, 5.41) is 13.0. The monoisotopic (exact) mass is 259 g/mol. The molecule has 0 aromatic heterocycles. The molecule has 0 saturated heterocycles. The molecule has 0 heterocycles. The lowest BCUT2D eigenvalue weighted by Crippen LogP contribution is -2.44. The Bertz CT molecular complexity index is 251. The first-order chi connectivity index (χ1) is 8.22. The predicted molar refractivity (Wildman–Crippen MR) is 73.3 cm³/mol. The lowest BCUT2D eigenvalue weighted by molar-refractivity contribution is -0.126. The second-order valence-electron chi connectivity index (χ2n) is 6.08. The molecule has 108 valence electrons. The van der Waals surface area contributed by atoms with Crippen LogP contribution in [-0.4, -0.2) is 37.4 Å². The van der Waals surface area contributed by atoms with Gasteiger partial charge < -0.3 is 15.2 Å². The van der Waals surface area contributed by atoms with Gasteiger partial charge in [0.1, 0.15) is 0 Å². The van der Waals surface area contributed by atoms with Gasteiger partial charge in [-0.15, -0.1) is 0 Å². The first-order valence-corrected chi connectivity index (χ1v) is 6.67. The van der Waals surface area contributed by atoms with E-state index in [-0.39, 0.29) is 23.2 Å². The van der Waals surface area contributed by atoms with E-state index in [2.05, 4.69) is 5.32 Å². The maximum absolute atomic E-state index is 11.8. The van der Waals surface area contributed by atoms with Crippen LogP contribution in [0, 0.1) is 17.3 Å². The maximum Gasteiger partial charge on any atom is 0.222 e. The van der Waals surface area contributed by atoms with Crippen molar-refractivity contribution in [2.45, 2.75) is 47.1 Å². The molecule has 0 fully saturated rings. The van der Waals surface area contributed by atoms with E-state index < -0.39 is 6.10 Å². The topological polar surface area (TPSA) is 58.6 Å². The minimum Gasteiger partial charge on any atom is -0.392 e. The number of carbonyl (C=O) groups is 1. The van der Waals surface area contributed by atoms with Crippen LogP contribution in [-0.2, 0) is 9.53 Å². The van der Waals surface area contributed by atoms with Crippen LogP contribution in [0.5, 0.6) is 0 Å². The number of aliphatic hydroxyl groups excluding tert-OH is 1. The first kappa shape index (κ1) is 17.4. The molecule has 4 nitrogen and oxygen atoms in total. The van der Waals surface area contributed by atoms with Crippen molar-refractivity contribution in [3.8, 4) is 0 Å². The molecular formula is C14H29NO3. The van der Waals surface area contributed by atoms with E-state index in [1.807, 2.05) is 34.6 Å². The van der Waals surface area contributed by atoms with E-state index in [1.54, 1.807) is 7.11 Å². The van der Waals surface area contributed by atoms with Gasteiger partial charge in [-0.25, -0.2) is 0 Å². The Kier molecular flexibility index (Phi) is 7.48. The number of methoxy groups -OCH3 is 1. The van der Waals surface area contributed by atoms with Crippen LogP contribution in [0.25, 0.3) is 0 Å². The van der Waals surface area contributed by atoms with Crippen LogP contribution in [0.1, 0.15) is 41.0 Å². The quantitative estimate of drug-likeness (QED) is 0.699. The van der Waals surface area contributed by atoms with Gasteiger partial charge in [0.25, 0.3) is 0 Å². The highest BCUT2D eigenvalue weighted by Gasteiger charge is 2.30. The molecule has 0 spiro atoms. The number of hydrogen-bond acceptors (Lipinski definition) is 3. The highest BCUT2D eigenvalue weighted by atomic mass is 16.5. The van der Waals surface area contributed by atoms with Gasteiger partial charge in [0.2, 0.25) is 5.91 Å². The van der Waals surface area contributed by atoms with E-state index in [1.165, 1.54) is 0 Å². The van der Waals surface area contributed by atoms with Crippen molar-refractivity contribution < 1.29 is 14.6 Å². The molecule has 0 aliphatic rings. The molecule has 0 rings (SSSR count). The van der Waals surface area contributed by atoms with Gasteiger partial charge in [0, 0.05) is 31.6 Å². The summed E-state index contributed by atoms with van der Waals surface area (Å²) in [7, 11) is 1.63. The van der Waals surface area contributed by atoms with Crippen molar-refractivity contribution in [2.24, 2.45) is 17.3 Å². The van der Waals surface area contributed by atoms with Gasteiger partial charge in [-0.3, -0.25) is 4.79 Å². The normalized spacial score (nSPS) is 15.6. The molecule has 0 aliphatic carbocycles. The summed E-state index contributed by atoms with van der Waals surface area (Å²) in [5.41, 5.74) is -0.315. The second kappa shape index (κ2) is 7.74. The summed E-state index contributed by atoms with van der Waals surface area (Å²) in [5.74, 6) is 0.149. The van der Waals surface area contributed by atoms with Crippen molar-refractivity contribution in [3.63, 3.8) is 0 Å². The summed E-state index contributed by atoms with van der Waals surface area (Å²) in [6.45, 7) is 10.9. The van der Waals surface area contributed by atoms with Gasteiger partial charge in [-0.1, -0.05) is 34.6 Å². The first-order valence-electron chi connectivity index (χ1n) is 6.67. The number of nitrogens with one attached hydrogen (secondary N) is 1. The van der Waals surface area contributed by atoms with Gasteiger partial charge in [-0.05, 0) is 12.3 Å². The largest absolute Gasteiger partial charge is 0.392 e. The molecule has 0 aliphatic heterocycles. The number of aliphatic hydroxyl groups is 1. The fraction of sp³-hybridized carbons (Fsp3) is 0.929. The Morgan fingerprint density at radius 2 is 1.89 bits per heavy atom. The van der Waals surface area contributed by atoms with E-state index in [4.69, 9.17) is 4.74 Å². The van der Waals surface area contributed by atoms with Crippen LogP contribution in [0.2, 0.25) is 0 Å². The Morgan fingerprint density at radius 1 is 1.33 bits per heavy atom. The molecule has 0 aromatic rings. The number of hydrogen-bond donors (Lipinski definition) is 2. The minimum atomic E-state index is -0.424. The van der Waals surface area contributed by atoms with Crippen molar-refractivity contribution in [2.75, 3.05) is 20.3 Å². The van der Waals surface area contributed by atoms with Crippen molar-refractivity contribution in [3.05, 3.63) is 0 Å². The summed E-state index contributed by atoms with van der Waals surface area (Å²) < 4.78 is 4.96. The summed E-state index contributed by atoms with van der Waals surface area (Å²) >= 11 is 0. The van der Waals surface area contributed by atoms with Gasteiger partial charge in [0.15, 0.2) is 0 Å². The third-order valence-corrected chi connectivity index (χ3v) is 3.35. The lowest BCUT2D eigenvalue weighted by Gasteiger charge is -2.33. The number of amides is 1. The molecule has 0 saturated carbocycles. The summed E-state index contributed by atoms with van der Waals surface area (Å²) in [4.78, 5) is 11.8. The predicted octanol–water partition coefficient (Wildman–Crippen LogP) is 1.82. The zero-order chi connectivity index (χ0) is 14.3. The number of carbonyl (C=O) groups excluding carboxylic acids is 1. The lowest BCUT2D eigenvalue weighted by atomic mass is 9.80. The van der Waals surface area contributed by atoms with E-state index in [0.29, 0.717) is 13.2 Å². The molecular weight excluding hydrogens is 230 g/mol. The molecule has 2 N–H and O–H groups in total.